The van der Waals surface area contributed by atoms with Gasteiger partial charge in [0.2, 0.25) is 0 Å². The van der Waals surface area contributed by atoms with Crippen LogP contribution in [-0.4, -0.2) is 35.3 Å². The van der Waals surface area contributed by atoms with Crippen molar-refractivity contribution in [3.63, 3.8) is 0 Å². The fourth-order valence-corrected chi connectivity index (χ4v) is 3.82. The maximum absolute atomic E-state index is 5.93. The Balaban J connectivity index is 1.72. The summed E-state index contributed by atoms with van der Waals surface area (Å²) in [5.41, 5.74) is 1.05. The van der Waals surface area contributed by atoms with Crippen LogP contribution in [0.4, 0.5) is 5.82 Å². The average molecular weight is 364 g/mol. The number of thioether (sulfide) groups is 1. The molecule has 0 saturated carbocycles. The maximum atomic E-state index is 5.93. The molecule has 1 fully saturated rings. The predicted octanol–water partition coefficient (Wildman–Crippen LogP) is 4.34. The van der Waals surface area contributed by atoms with Crippen molar-refractivity contribution in [3.8, 4) is 0 Å². The molecule has 1 aliphatic rings. The Labute approximate surface area is 152 Å². The monoisotopic (exact) mass is 363 g/mol. The van der Waals surface area contributed by atoms with Crippen LogP contribution < -0.4 is 4.90 Å². The van der Waals surface area contributed by atoms with Gasteiger partial charge in [0.1, 0.15) is 11.6 Å². The van der Waals surface area contributed by atoms with Gasteiger partial charge in [0.25, 0.3) is 0 Å². The third kappa shape index (κ3) is 4.62. The quantitative estimate of drug-likeness (QED) is 0.755. The minimum absolute atomic E-state index is 0.218. The molecule has 6 heteroatoms. The molecule has 128 valence electrons. The molecule has 24 heavy (non-hydrogen) atoms. The highest BCUT2D eigenvalue weighted by atomic mass is 35.5. The van der Waals surface area contributed by atoms with Gasteiger partial charge in [-0.15, -0.1) is 11.8 Å². The van der Waals surface area contributed by atoms with E-state index in [4.69, 9.17) is 16.3 Å². The fourth-order valence-electron chi connectivity index (χ4n) is 2.90. The Morgan fingerprint density at radius 1 is 1.17 bits per heavy atom. The molecule has 1 aliphatic heterocycles. The number of benzene rings is 1. The molecule has 0 radical (unpaired) electrons. The summed E-state index contributed by atoms with van der Waals surface area (Å²) in [6.07, 6.45) is 0.437. The summed E-state index contributed by atoms with van der Waals surface area (Å²) in [7, 11) is 0. The summed E-state index contributed by atoms with van der Waals surface area (Å²) in [4.78, 5) is 12.7. The largest absolute Gasteiger partial charge is 0.372 e. The van der Waals surface area contributed by atoms with E-state index in [0.29, 0.717) is 0 Å². The molecule has 2 atom stereocenters. The normalized spacial score (nSPS) is 21.1. The van der Waals surface area contributed by atoms with Crippen LogP contribution in [0.15, 0.2) is 35.2 Å². The van der Waals surface area contributed by atoms with Gasteiger partial charge in [-0.25, -0.2) is 9.97 Å². The zero-order valence-electron chi connectivity index (χ0n) is 14.2. The van der Waals surface area contributed by atoms with Gasteiger partial charge < -0.3 is 9.64 Å². The second-order valence-electron chi connectivity index (χ2n) is 6.17. The van der Waals surface area contributed by atoms with Crippen molar-refractivity contribution in [3.05, 3.63) is 46.9 Å². The van der Waals surface area contributed by atoms with E-state index in [1.54, 1.807) is 11.8 Å². The van der Waals surface area contributed by atoms with Crippen LogP contribution in [0.25, 0.3) is 0 Å². The van der Waals surface area contributed by atoms with E-state index in [-0.39, 0.29) is 12.2 Å². The average Bonchev–Trinajstić information content (AvgIpc) is 2.53. The van der Waals surface area contributed by atoms with Crippen LogP contribution in [0.5, 0.6) is 0 Å². The second-order valence-corrected chi connectivity index (χ2v) is 7.65. The summed E-state index contributed by atoms with van der Waals surface area (Å²) >= 11 is 7.69. The summed E-state index contributed by atoms with van der Waals surface area (Å²) in [5.74, 6) is 2.62. The minimum Gasteiger partial charge on any atom is -0.372 e. The van der Waals surface area contributed by atoms with Crippen molar-refractivity contribution in [1.29, 1.82) is 0 Å². The molecule has 3 rings (SSSR count). The molecule has 1 aromatic carbocycles. The number of ether oxygens (including phenoxy) is 1. The van der Waals surface area contributed by atoms with Crippen LogP contribution >= 0.6 is 23.4 Å². The summed E-state index contributed by atoms with van der Waals surface area (Å²) in [5, 5.41) is 0.759. The van der Waals surface area contributed by atoms with E-state index in [9.17, 15) is 0 Å². The first kappa shape index (κ1) is 17.5. The molecule has 0 amide bonds. The number of nitrogens with zero attached hydrogens (tertiary/aromatic N) is 3. The lowest BCUT2D eigenvalue weighted by Crippen LogP contribution is -2.46. The lowest BCUT2D eigenvalue weighted by molar-refractivity contribution is -0.00548. The number of hydrogen-bond donors (Lipinski definition) is 0. The molecular formula is C18H22ClN3OS. The van der Waals surface area contributed by atoms with Crippen molar-refractivity contribution in [2.24, 2.45) is 0 Å². The topological polar surface area (TPSA) is 38.2 Å². The first-order valence-electron chi connectivity index (χ1n) is 8.13. The van der Waals surface area contributed by atoms with Crippen LogP contribution in [-0.2, 0) is 10.5 Å². The van der Waals surface area contributed by atoms with Gasteiger partial charge in [-0.3, -0.25) is 0 Å². The molecule has 0 unspecified atom stereocenters. The third-order valence-corrected chi connectivity index (χ3v) is 5.12. The molecule has 1 aromatic heterocycles. The third-order valence-electron chi connectivity index (χ3n) is 3.82. The van der Waals surface area contributed by atoms with Crippen molar-refractivity contribution in [2.75, 3.05) is 18.0 Å². The highest BCUT2D eigenvalue weighted by molar-refractivity contribution is 7.98. The first-order chi connectivity index (χ1) is 11.5. The van der Waals surface area contributed by atoms with Gasteiger partial charge in [0, 0.05) is 34.8 Å². The minimum atomic E-state index is 0.218. The number of halogens is 1. The van der Waals surface area contributed by atoms with E-state index >= 15 is 0 Å². The summed E-state index contributed by atoms with van der Waals surface area (Å²) < 4.78 is 5.81. The van der Waals surface area contributed by atoms with Gasteiger partial charge in [-0.05, 0) is 45.0 Å². The zero-order valence-corrected chi connectivity index (χ0v) is 15.8. The lowest BCUT2D eigenvalue weighted by atomic mass is 10.2. The van der Waals surface area contributed by atoms with Crippen molar-refractivity contribution >= 4 is 29.2 Å². The molecule has 0 bridgehead atoms. The Kier molecular flexibility index (Phi) is 5.64. The molecule has 2 heterocycles. The zero-order chi connectivity index (χ0) is 17.1. The molecule has 4 nitrogen and oxygen atoms in total. The molecule has 0 spiro atoms. The Morgan fingerprint density at radius 2 is 1.83 bits per heavy atom. The van der Waals surface area contributed by atoms with E-state index in [1.807, 2.05) is 31.2 Å². The van der Waals surface area contributed by atoms with Gasteiger partial charge in [-0.2, -0.15) is 0 Å². The molecule has 0 N–H and O–H groups in total. The molecule has 0 aliphatic carbocycles. The summed E-state index contributed by atoms with van der Waals surface area (Å²) in [6, 6.07) is 10.00. The second kappa shape index (κ2) is 7.72. The van der Waals surface area contributed by atoms with Crippen molar-refractivity contribution in [2.45, 2.75) is 43.6 Å². The van der Waals surface area contributed by atoms with Crippen LogP contribution in [0.1, 0.15) is 25.4 Å². The smallest absolute Gasteiger partial charge is 0.132 e. The van der Waals surface area contributed by atoms with Gasteiger partial charge >= 0.3 is 0 Å². The Bertz CT molecular complexity index is 685. The molecule has 2 aromatic rings. The molecule has 1 saturated heterocycles. The number of anilines is 1. The fraction of sp³-hybridized carbons (Fsp3) is 0.444. The lowest BCUT2D eigenvalue weighted by Gasteiger charge is -2.36. The predicted molar refractivity (Wildman–Crippen MR) is 100 cm³/mol. The van der Waals surface area contributed by atoms with Crippen LogP contribution in [0, 0.1) is 6.92 Å². The van der Waals surface area contributed by atoms with E-state index in [1.165, 1.54) is 4.90 Å². The Hall–Kier alpha value is -1.30. The maximum Gasteiger partial charge on any atom is 0.132 e. The SMILES string of the molecule is Cc1nc(CSc2ccc(Cl)cc2)cc(N2C[C@H](C)O[C@@H](C)C2)n1. The van der Waals surface area contributed by atoms with Gasteiger partial charge in [-0.1, -0.05) is 11.6 Å². The highest BCUT2D eigenvalue weighted by Gasteiger charge is 2.23. The number of aromatic nitrogens is 2. The Morgan fingerprint density at radius 3 is 2.50 bits per heavy atom. The van der Waals surface area contributed by atoms with Crippen molar-refractivity contribution < 1.29 is 4.74 Å². The van der Waals surface area contributed by atoms with Crippen molar-refractivity contribution in [1.82, 2.24) is 9.97 Å². The van der Waals surface area contributed by atoms with Gasteiger partial charge in [0.05, 0.1) is 17.9 Å². The number of morpholine rings is 1. The summed E-state index contributed by atoms with van der Waals surface area (Å²) in [6.45, 7) is 7.89. The van der Waals surface area contributed by atoms with E-state index in [0.717, 1.165) is 41.2 Å². The number of hydrogen-bond acceptors (Lipinski definition) is 5. The van der Waals surface area contributed by atoms with E-state index < -0.39 is 0 Å². The van der Waals surface area contributed by atoms with Gasteiger partial charge in [0.15, 0.2) is 0 Å². The van der Waals surface area contributed by atoms with Crippen LogP contribution in [0.3, 0.4) is 0 Å². The number of aryl methyl sites for hydroxylation is 1. The first-order valence-corrected chi connectivity index (χ1v) is 9.49. The molecular weight excluding hydrogens is 342 g/mol. The van der Waals surface area contributed by atoms with E-state index in [2.05, 4.69) is 34.8 Å². The highest BCUT2D eigenvalue weighted by Crippen LogP contribution is 2.26. The van der Waals surface area contributed by atoms with Crippen LogP contribution in [0.2, 0.25) is 5.02 Å². The number of rotatable bonds is 4. The standard InChI is InChI=1S/C18H22ClN3OS/c1-12-9-22(10-13(2)23-12)18-8-16(20-14(3)21-18)11-24-17-6-4-15(19)5-7-17/h4-8,12-13H,9-11H2,1-3H3/t12-,13-/m0/s1.